The van der Waals surface area contributed by atoms with Crippen molar-refractivity contribution in [2.45, 2.75) is 17.7 Å². The van der Waals surface area contributed by atoms with E-state index in [1.165, 1.54) is 10.8 Å². The Hall–Kier alpha value is -3.71. The summed E-state index contributed by atoms with van der Waals surface area (Å²) in [5.41, 5.74) is 7.28. The van der Waals surface area contributed by atoms with E-state index in [-0.39, 0.29) is 5.95 Å². The molecule has 12 nitrogen and oxygen atoms in total. The average molecular weight is 538 g/mol. The van der Waals surface area contributed by atoms with E-state index < -0.39 is 9.84 Å². The number of furan rings is 1. The van der Waals surface area contributed by atoms with E-state index in [0.29, 0.717) is 34.1 Å². The largest absolute Gasteiger partial charge is 0.461 e. The maximum absolute atomic E-state index is 11.7. The predicted octanol–water partition coefficient (Wildman–Crippen LogP) is 1.80. The highest BCUT2D eigenvalue weighted by Crippen LogP contribution is 2.25. The number of piperazine rings is 1. The Morgan fingerprint density at radius 1 is 1.00 bits per heavy atom. The number of fused-ring (bicyclic) bond motifs is 1. The molecule has 1 aromatic carbocycles. The van der Waals surface area contributed by atoms with Crippen LogP contribution in [0, 0.1) is 5.92 Å². The Labute approximate surface area is 221 Å². The predicted molar refractivity (Wildman–Crippen MR) is 144 cm³/mol. The van der Waals surface area contributed by atoms with E-state index in [0.717, 1.165) is 64.3 Å². The molecule has 2 aliphatic heterocycles. The lowest BCUT2D eigenvalue weighted by Gasteiger charge is -2.40. The second-order valence-electron chi connectivity index (χ2n) is 10.0. The lowest BCUT2D eigenvalue weighted by Crippen LogP contribution is -2.49. The van der Waals surface area contributed by atoms with Crippen LogP contribution < -0.4 is 15.5 Å². The first-order valence-corrected chi connectivity index (χ1v) is 14.7. The molecule has 1 unspecified atom stereocenters. The summed E-state index contributed by atoms with van der Waals surface area (Å²) in [6.07, 6.45) is 5.04. The van der Waals surface area contributed by atoms with Gasteiger partial charge in [0.25, 0.3) is 5.78 Å². The van der Waals surface area contributed by atoms with Crippen LogP contribution in [-0.4, -0.2) is 90.0 Å². The molecule has 5 heterocycles. The minimum absolute atomic E-state index is 0.248. The Balaban J connectivity index is 1.07. The van der Waals surface area contributed by atoms with E-state index in [4.69, 9.17) is 10.2 Å². The molecule has 3 aromatic heterocycles. The van der Waals surface area contributed by atoms with Gasteiger partial charge in [-0.1, -0.05) is 0 Å². The monoisotopic (exact) mass is 537 g/mol. The van der Waals surface area contributed by atoms with Gasteiger partial charge in [-0.3, -0.25) is 4.90 Å². The van der Waals surface area contributed by atoms with Gasteiger partial charge >= 0.3 is 0 Å². The number of rotatable bonds is 6. The molecule has 0 amide bonds. The number of nitrogens with zero attached hydrogens (tertiary/aromatic N) is 8. The number of nitrogens with two attached hydrogens (primary N) is 1. The molecule has 1 atom stereocenters. The molecule has 2 N–H and O–H groups in total. The Morgan fingerprint density at radius 2 is 1.79 bits per heavy atom. The third kappa shape index (κ3) is 5.03. The molecule has 0 aliphatic carbocycles. The van der Waals surface area contributed by atoms with Gasteiger partial charge in [0, 0.05) is 57.8 Å². The van der Waals surface area contributed by atoms with Crippen LogP contribution in [0.5, 0.6) is 0 Å². The van der Waals surface area contributed by atoms with Crippen LogP contribution in [0.4, 0.5) is 17.6 Å². The summed E-state index contributed by atoms with van der Waals surface area (Å²) in [6.45, 7) is 6.52. The van der Waals surface area contributed by atoms with Crippen molar-refractivity contribution in [3.8, 4) is 11.6 Å². The number of sulfone groups is 1. The van der Waals surface area contributed by atoms with Crippen molar-refractivity contribution in [3.05, 3.63) is 42.7 Å². The van der Waals surface area contributed by atoms with Crippen LogP contribution in [0.25, 0.3) is 17.4 Å². The van der Waals surface area contributed by atoms with Gasteiger partial charge in [0.05, 0.1) is 11.2 Å². The zero-order valence-electron chi connectivity index (χ0n) is 21.3. The van der Waals surface area contributed by atoms with Crippen molar-refractivity contribution in [3.63, 3.8) is 0 Å². The molecule has 6 rings (SSSR count). The van der Waals surface area contributed by atoms with Crippen LogP contribution in [0.2, 0.25) is 0 Å². The molecule has 4 aromatic rings. The summed E-state index contributed by atoms with van der Waals surface area (Å²) >= 11 is 0. The molecule has 2 aliphatic rings. The summed E-state index contributed by atoms with van der Waals surface area (Å²) in [5, 5.41) is 4.38. The number of piperidine rings is 1. The zero-order valence-corrected chi connectivity index (χ0v) is 22.1. The quantitative estimate of drug-likeness (QED) is 0.385. The molecule has 2 saturated heterocycles. The molecule has 0 bridgehead atoms. The third-order valence-corrected chi connectivity index (χ3v) is 8.41. The fraction of sp³-hybridized carbons (Fsp3) is 0.440. The van der Waals surface area contributed by atoms with Gasteiger partial charge in [-0.25, -0.2) is 8.42 Å². The maximum atomic E-state index is 11.7. The molecule has 200 valence electrons. The molecule has 38 heavy (non-hydrogen) atoms. The van der Waals surface area contributed by atoms with Gasteiger partial charge in [0.1, 0.15) is 0 Å². The maximum Gasteiger partial charge on any atom is 0.259 e. The Morgan fingerprint density at radius 3 is 2.50 bits per heavy atom. The number of nitrogen functional groups attached to an aromatic ring is 1. The molecule has 0 saturated carbocycles. The number of hydrogen-bond donors (Lipinski definition) is 1. The average Bonchev–Trinajstić information content (AvgIpc) is 3.60. The number of anilines is 3. The normalized spacial score (nSPS) is 19.3. The smallest absolute Gasteiger partial charge is 0.259 e. The van der Waals surface area contributed by atoms with E-state index in [9.17, 15) is 8.42 Å². The Kier molecular flexibility index (Phi) is 6.40. The first kappa shape index (κ1) is 24.6. The van der Waals surface area contributed by atoms with Gasteiger partial charge in [0.2, 0.25) is 17.7 Å². The van der Waals surface area contributed by atoms with Crippen molar-refractivity contribution in [1.82, 2.24) is 29.5 Å². The minimum atomic E-state index is -3.18. The van der Waals surface area contributed by atoms with Crippen molar-refractivity contribution < 1.29 is 12.8 Å². The number of benzene rings is 1. The summed E-state index contributed by atoms with van der Waals surface area (Å²) in [4.78, 5) is 21.1. The van der Waals surface area contributed by atoms with Crippen molar-refractivity contribution in [2.75, 3.05) is 67.6 Å². The van der Waals surface area contributed by atoms with Crippen molar-refractivity contribution in [2.24, 2.45) is 5.92 Å². The highest BCUT2D eigenvalue weighted by Gasteiger charge is 2.27. The molecule has 13 heteroatoms. The van der Waals surface area contributed by atoms with Crippen LogP contribution >= 0.6 is 0 Å². The lowest BCUT2D eigenvalue weighted by atomic mass is 9.97. The fourth-order valence-corrected chi connectivity index (χ4v) is 5.93. The summed E-state index contributed by atoms with van der Waals surface area (Å²) < 4.78 is 30.3. The van der Waals surface area contributed by atoms with Gasteiger partial charge in [-0.15, -0.1) is 5.10 Å². The molecular formula is C25H31N9O3S. The minimum Gasteiger partial charge on any atom is -0.461 e. The Bertz CT molecular complexity index is 1510. The topological polar surface area (TPSA) is 139 Å². The molecule has 0 radical (unpaired) electrons. The standard InChI is InChI=1S/C25H31N9O3S/c1-38(35,36)20-8-6-19(7-9-20)32-13-11-31(12-14-32)16-18-4-2-10-33(17-18)24-28-23(26)34-25(29-24)27-22(30-34)21-5-3-15-37-21/h3,5-9,15,18H,2,4,10-14,16-17H2,1H3,(H2,26,27,28,29,30). The third-order valence-electron chi connectivity index (χ3n) is 7.28. The number of hydrogen-bond acceptors (Lipinski definition) is 11. The van der Waals surface area contributed by atoms with E-state index in [1.54, 1.807) is 30.5 Å². The number of aromatic nitrogens is 5. The lowest BCUT2D eigenvalue weighted by molar-refractivity contribution is 0.205. The summed E-state index contributed by atoms with van der Waals surface area (Å²) in [6, 6.07) is 10.8. The zero-order chi connectivity index (χ0) is 26.3. The van der Waals surface area contributed by atoms with Crippen molar-refractivity contribution in [1.29, 1.82) is 0 Å². The highest BCUT2D eigenvalue weighted by atomic mass is 32.2. The summed E-state index contributed by atoms with van der Waals surface area (Å²) in [5.74, 6) is 2.72. The first-order valence-electron chi connectivity index (χ1n) is 12.8. The van der Waals surface area contributed by atoms with Crippen molar-refractivity contribution >= 4 is 33.2 Å². The van der Waals surface area contributed by atoms with Gasteiger partial charge in [0.15, 0.2) is 15.6 Å². The SMILES string of the molecule is CS(=O)(=O)c1ccc(N2CCN(CC3CCCN(c4nc(N)n5nc(-c6ccco6)nc5n4)C3)CC2)cc1. The van der Waals surface area contributed by atoms with Crippen LogP contribution in [0.1, 0.15) is 12.8 Å². The molecule has 2 fully saturated rings. The second kappa shape index (κ2) is 9.87. The fourth-order valence-electron chi connectivity index (χ4n) is 5.30. The second-order valence-corrected chi connectivity index (χ2v) is 12.0. The van der Waals surface area contributed by atoms with E-state index in [2.05, 4.69) is 34.8 Å². The van der Waals surface area contributed by atoms with E-state index >= 15 is 0 Å². The van der Waals surface area contributed by atoms with Gasteiger partial charge < -0.3 is 20.0 Å². The molecular weight excluding hydrogens is 506 g/mol. The van der Waals surface area contributed by atoms with Crippen LogP contribution in [-0.2, 0) is 9.84 Å². The highest BCUT2D eigenvalue weighted by molar-refractivity contribution is 7.90. The van der Waals surface area contributed by atoms with E-state index in [1.807, 2.05) is 12.1 Å². The van der Waals surface area contributed by atoms with Gasteiger partial charge in [-0.2, -0.15) is 19.5 Å². The first-order chi connectivity index (χ1) is 18.3. The van der Waals surface area contributed by atoms with Crippen LogP contribution in [0.3, 0.4) is 0 Å². The molecule has 0 spiro atoms. The summed E-state index contributed by atoms with van der Waals surface area (Å²) in [7, 11) is -3.18. The van der Waals surface area contributed by atoms with Crippen LogP contribution in [0.15, 0.2) is 52.0 Å². The van der Waals surface area contributed by atoms with Gasteiger partial charge in [-0.05, 0) is 55.2 Å².